The lowest BCUT2D eigenvalue weighted by Crippen LogP contribution is -2.47. The van der Waals surface area contributed by atoms with E-state index in [9.17, 15) is 9.90 Å². The van der Waals surface area contributed by atoms with Gasteiger partial charge in [0.2, 0.25) is 5.91 Å². The van der Waals surface area contributed by atoms with Crippen LogP contribution in [0.1, 0.15) is 26.2 Å². The fourth-order valence-corrected chi connectivity index (χ4v) is 1.77. The van der Waals surface area contributed by atoms with E-state index >= 15 is 0 Å². The number of carbonyl (C=O) groups excluding carboxylic acids is 1. The predicted octanol–water partition coefficient (Wildman–Crippen LogP) is -0.358. The average molecular weight is 230 g/mol. The van der Waals surface area contributed by atoms with Crippen molar-refractivity contribution >= 4 is 5.91 Å². The van der Waals surface area contributed by atoms with Gasteiger partial charge in [-0.15, -0.1) is 0 Å². The van der Waals surface area contributed by atoms with Crippen molar-refractivity contribution in [3.05, 3.63) is 0 Å². The summed E-state index contributed by atoms with van der Waals surface area (Å²) < 4.78 is 5.29. The number of hydrogen-bond acceptors (Lipinski definition) is 4. The van der Waals surface area contributed by atoms with Crippen molar-refractivity contribution in [2.45, 2.75) is 37.9 Å². The molecule has 1 fully saturated rings. The van der Waals surface area contributed by atoms with Crippen LogP contribution >= 0.6 is 0 Å². The Morgan fingerprint density at radius 2 is 2.38 bits per heavy atom. The smallest absolute Gasteiger partial charge is 0.220 e. The average Bonchev–Trinajstić information content (AvgIpc) is 2.58. The summed E-state index contributed by atoms with van der Waals surface area (Å²) in [5, 5.41) is 15.9. The summed E-state index contributed by atoms with van der Waals surface area (Å²) in [4.78, 5) is 11.4. The first-order chi connectivity index (χ1) is 7.58. The Morgan fingerprint density at radius 1 is 1.62 bits per heavy atom. The zero-order valence-electron chi connectivity index (χ0n) is 10.1. The molecule has 1 aliphatic rings. The summed E-state index contributed by atoms with van der Waals surface area (Å²) in [6.45, 7) is 3.51. The SMILES string of the molecule is CNCCCC(=O)NCC1(O)CCOC1C. The summed E-state index contributed by atoms with van der Waals surface area (Å²) in [5.41, 5.74) is -0.890. The van der Waals surface area contributed by atoms with Gasteiger partial charge in [-0.2, -0.15) is 0 Å². The maximum atomic E-state index is 11.4. The zero-order chi connectivity index (χ0) is 12.0. The van der Waals surface area contributed by atoms with Crippen molar-refractivity contribution in [3.8, 4) is 0 Å². The quantitative estimate of drug-likeness (QED) is 0.545. The molecule has 94 valence electrons. The lowest BCUT2D eigenvalue weighted by Gasteiger charge is -2.26. The fourth-order valence-electron chi connectivity index (χ4n) is 1.77. The third-order valence-corrected chi connectivity index (χ3v) is 3.08. The molecule has 5 nitrogen and oxygen atoms in total. The molecule has 1 aliphatic heterocycles. The molecule has 0 spiro atoms. The highest BCUT2D eigenvalue weighted by Crippen LogP contribution is 2.24. The summed E-state index contributed by atoms with van der Waals surface area (Å²) in [7, 11) is 1.86. The summed E-state index contributed by atoms with van der Waals surface area (Å²) in [6.07, 6.45) is 1.69. The number of nitrogens with one attached hydrogen (secondary N) is 2. The van der Waals surface area contributed by atoms with Crippen LogP contribution in [0.15, 0.2) is 0 Å². The molecule has 0 saturated carbocycles. The van der Waals surface area contributed by atoms with E-state index in [1.165, 1.54) is 0 Å². The van der Waals surface area contributed by atoms with Gasteiger partial charge in [-0.25, -0.2) is 0 Å². The first kappa shape index (κ1) is 13.4. The topological polar surface area (TPSA) is 70.6 Å². The van der Waals surface area contributed by atoms with Gasteiger partial charge >= 0.3 is 0 Å². The van der Waals surface area contributed by atoms with Crippen LogP contribution in [0.5, 0.6) is 0 Å². The van der Waals surface area contributed by atoms with E-state index < -0.39 is 5.60 Å². The first-order valence-electron chi connectivity index (χ1n) is 5.84. The normalized spacial score (nSPS) is 29.3. The van der Waals surface area contributed by atoms with Crippen molar-refractivity contribution in [1.82, 2.24) is 10.6 Å². The molecule has 1 heterocycles. The van der Waals surface area contributed by atoms with Crippen LogP contribution in [0, 0.1) is 0 Å². The standard InChI is InChI=1S/C11H22N2O3/c1-9-11(15,5-7-16-9)8-13-10(14)4-3-6-12-2/h9,12,15H,3-8H2,1-2H3,(H,13,14). The van der Waals surface area contributed by atoms with Crippen molar-refractivity contribution in [2.75, 3.05) is 26.7 Å². The van der Waals surface area contributed by atoms with Crippen LogP contribution in [0.3, 0.4) is 0 Å². The molecule has 1 rings (SSSR count). The third-order valence-electron chi connectivity index (χ3n) is 3.08. The molecule has 0 aromatic rings. The molecule has 0 radical (unpaired) electrons. The van der Waals surface area contributed by atoms with Crippen LogP contribution in [0.2, 0.25) is 0 Å². The molecule has 2 atom stereocenters. The van der Waals surface area contributed by atoms with E-state index in [0.717, 1.165) is 13.0 Å². The number of ether oxygens (including phenoxy) is 1. The molecule has 3 N–H and O–H groups in total. The van der Waals surface area contributed by atoms with E-state index in [-0.39, 0.29) is 18.6 Å². The van der Waals surface area contributed by atoms with E-state index in [1.54, 1.807) is 0 Å². The Balaban J connectivity index is 2.20. The molecular weight excluding hydrogens is 208 g/mol. The van der Waals surface area contributed by atoms with Crippen LogP contribution in [0.25, 0.3) is 0 Å². The molecule has 0 bridgehead atoms. The van der Waals surface area contributed by atoms with Crippen LogP contribution in [-0.4, -0.2) is 49.5 Å². The van der Waals surface area contributed by atoms with Crippen LogP contribution < -0.4 is 10.6 Å². The highest BCUT2D eigenvalue weighted by molar-refractivity contribution is 5.75. The molecule has 1 amide bonds. The Morgan fingerprint density at radius 3 is 2.94 bits per heavy atom. The van der Waals surface area contributed by atoms with E-state index in [4.69, 9.17) is 4.74 Å². The minimum Gasteiger partial charge on any atom is -0.385 e. The molecule has 2 unspecified atom stereocenters. The van der Waals surface area contributed by atoms with Gasteiger partial charge in [-0.1, -0.05) is 0 Å². The first-order valence-corrected chi connectivity index (χ1v) is 5.84. The highest BCUT2D eigenvalue weighted by Gasteiger charge is 2.39. The third kappa shape index (κ3) is 3.73. The number of aliphatic hydroxyl groups is 1. The molecule has 0 aliphatic carbocycles. The number of amides is 1. The molecule has 1 saturated heterocycles. The van der Waals surface area contributed by atoms with Gasteiger partial charge in [0.1, 0.15) is 5.60 Å². The van der Waals surface area contributed by atoms with Gasteiger partial charge in [-0.05, 0) is 26.9 Å². The highest BCUT2D eigenvalue weighted by atomic mass is 16.5. The van der Waals surface area contributed by atoms with Gasteiger partial charge in [0.25, 0.3) is 0 Å². The predicted molar refractivity (Wildman–Crippen MR) is 61.2 cm³/mol. The Labute approximate surface area is 96.6 Å². The number of carbonyl (C=O) groups is 1. The van der Waals surface area contributed by atoms with E-state index in [0.29, 0.717) is 19.4 Å². The zero-order valence-corrected chi connectivity index (χ0v) is 10.1. The lowest BCUT2D eigenvalue weighted by molar-refractivity contribution is -0.123. The number of rotatable bonds is 6. The Kier molecular flexibility index (Phi) is 5.18. The van der Waals surface area contributed by atoms with E-state index in [1.807, 2.05) is 14.0 Å². The fraction of sp³-hybridized carbons (Fsp3) is 0.909. The second kappa shape index (κ2) is 6.18. The van der Waals surface area contributed by atoms with Gasteiger partial charge in [0.05, 0.1) is 6.10 Å². The minimum atomic E-state index is -0.890. The second-order valence-electron chi connectivity index (χ2n) is 4.35. The summed E-state index contributed by atoms with van der Waals surface area (Å²) in [6, 6.07) is 0. The molecule has 0 aromatic heterocycles. The van der Waals surface area contributed by atoms with Crippen molar-refractivity contribution < 1.29 is 14.6 Å². The van der Waals surface area contributed by atoms with Crippen LogP contribution in [0.4, 0.5) is 0 Å². The maximum Gasteiger partial charge on any atom is 0.220 e. The van der Waals surface area contributed by atoms with Crippen molar-refractivity contribution in [2.24, 2.45) is 0 Å². The number of hydrogen-bond donors (Lipinski definition) is 3. The van der Waals surface area contributed by atoms with Gasteiger partial charge < -0.3 is 20.5 Å². The molecule has 5 heteroatoms. The van der Waals surface area contributed by atoms with Gasteiger partial charge in [-0.3, -0.25) is 4.79 Å². The van der Waals surface area contributed by atoms with Gasteiger partial charge in [0, 0.05) is 26.0 Å². The second-order valence-corrected chi connectivity index (χ2v) is 4.35. The van der Waals surface area contributed by atoms with E-state index in [2.05, 4.69) is 10.6 Å². The maximum absolute atomic E-state index is 11.4. The largest absolute Gasteiger partial charge is 0.385 e. The van der Waals surface area contributed by atoms with Crippen molar-refractivity contribution in [3.63, 3.8) is 0 Å². The monoisotopic (exact) mass is 230 g/mol. The van der Waals surface area contributed by atoms with Gasteiger partial charge in [0.15, 0.2) is 0 Å². The van der Waals surface area contributed by atoms with Crippen molar-refractivity contribution in [1.29, 1.82) is 0 Å². The Bertz CT molecular complexity index is 235. The molecule has 16 heavy (non-hydrogen) atoms. The summed E-state index contributed by atoms with van der Waals surface area (Å²) in [5.74, 6) is -0.0113. The minimum absolute atomic E-state index is 0.0113. The molecular formula is C11H22N2O3. The van der Waals surface area contributed by atoms with Crippen LogP contribution in [-0.2, 0) is 9.53 Å². The summed E-state index contributed by atoms with van der Waals surface area (Å²) >= 11 is 0. The molecule has 0 aromatic carbocycles. The lowest BCUT2D eigenvalue weighted by atomic mass is 9.97. The Hall–Kier alpha value is -0.650.